The Morgan fingerprint density at radius 1 is 1.14 bits per heavy atom. The second-order valence-corrected chi connectivity index (χ2v) is 8.19. The van der Waals surface area contributed by atoms with Crippen molar-refractivity contribution in [3.63, 3.8) is 0 Å². The molecule has 4 nitrogen and oxygen atoms in total. The van der Waals surface area contributed by atoms with Crippen molar-refractivity contribution in [2.45, 2.75) is 45.1 Å². The van der Waals surface area contributed by atoms with Crippen LogP contribution in [0.25, 0.3) is 0 Å². The fraction of sp³-hybridized carbons (Fsp3) is 0.609. The van der Waals surface area contributed by atoms with E-state index in [9.17, 15) is 0 Å². The molecule has 154 valence electrons. The van der Waals surface area contributed by atoms with E-state index in [1.165, 1.54) is 31.2 Å². The smallest absolute Gasteiger partial charge is 0.169 e. The molecule has 0 bridgehead atoms. The third kappa shape index (κ3) is 7.53. The molecule has 1 aliphatic heterocycles. The summed E-state index contributed by atoms with van der Waals surface area (Å²) in [6, 6.07) is 10.6. The molecule has 1 aromatic carbocycles. The van der Waals surface area contributed by atoms with E-state index in [2.05, 4.69) is 51.5 Å². The maximum absolute atomic E-state index is 5.77. The molecule has 2 aliphatic rings. The molecule has 28 heavy (non-hydrogen) atoms. The van der Waals surface area contributed by atoms with Gasteiger partial charge in [-0.15, -0.1) is 0 Å². The highest BCUT2D eigenvalue weighted by molar-refractivity contribution is 7.80. The summed E-state index contributed by atoms with van der Waals surface area (Å²) in [5.74, 6) is 0. The Kier molecular flexibility index (Phi) is 9.27. The molecule has 0 spiro atoms. The molecular formula is C23H35N3OS. The van der Waals surface area contributed by atoms with Crippen LogP contribution in [0.4, 0.5) is 0 Å². The second-order valence-electron chi connectivity index (χ2n) is 7.80. The Balaban J connectivity index is 1.47. The summed E-state index contributed by atoms with van der Waals surface area (Å²) in [5.41, 5.74) is 2.91. The Bertz CT molecular complexity index is 614. The zero-order chi connectivity index (χ0) is 19.4. The SMILES string of the molecule is S=C(NCCC1=CCCCC1)N(CCCN1CCOCC1)Cc1ccccc1. The number of hydrogen-bond donors (Lipinski definition) is 1. The highest BCUT2D eigenvalue weighted by Crippen LogP contribution is 2.19. The van der Waals surface area contributed by atoms with Crippen LogP contribution in [0.1, 0.15) is 44.1 Å². The van der Waals surface area contributed by atoms with Gasteiger partial charge in [-0.2, -0.15) is 0 Å². The first-order valence-corrected chi connectivity index (χ1v) is 11.3. The predicted molar refractivity (Wildman–Crippen MR) is 120 cm³/mol. The maximum atomic E-state index is 5.77. The van der Waals surface area contributed by atoms with Crippen molar-refractivity contribution in [1.29, 1.82) is 0 Å². The summed E-state index contributed by atoms with van der Waals surface area (Å²) in [5, 5.41) is 4.41. The van der Waals surface area contributed by atoms with E-state index in [0.29, 0.717) is 0 Å². The Morgan fingerprint density at radius 3 is 2.71 bits per heavy atom. The molecule has 1 saturated heterocycles. The number of ether oxygens (including phenoxy) is 1. The number of morpholine rings is 1. The van der Waals surface area contributed by atoms with Crippen molar-refractivity contribution in [1.82, 2.24) is 15.1 Å². The third-order valence-electron chi connectivity index (χ3n) is 5.62. The van der Waals surface area contributed by atoms with E-state index < -0.39 is 0 Å². The van der Waals surface area contributed by atoms with Crippen molar-refractivity contribution < 1.29 is 4.74 Å². The van der Waals surface area contributed by atoms with Crippen LogP contribution < -0.4 is 5.32 Å². The van der Waals surface area contributed by atoms with Crippen LogP contribution in [-0.4, -0.2) is 60.8 Å². The van der Waals surface area contributed by atoms with Crippen LogP contribution in [0.5, 0.6) is 0 Å². The zero-order valence-corrected chi connectivity index (χ0v) is 17.9. The third-order valence-corrected chi connectivity index (χ3v) is 6.02. The van der Waals surface area contributed by atoms with Gasteiger partial charge in [0.1, 0.15) is 0 Å². The van der Waals surface area contributed by atoms with Gasteiger partial charge >= 0.3 is 0 Å². The van der Waals surface area contributed by atoms with Gasteiger partial charge < -0.3 is 15.0 Å². The molecule has 0 saturated carbocycles. The Hall–Kier alpha value is -1.43. The van der Waals surface area contributed by atoms with Gasteiger partial charge in [-0.3, -0.25) is 4.90 Å². The molecule has 1 N–H and O–H groups in total. The summed E-state index contributed by atoms with van der Waals surface area (Å²) in [6.45, 7) is 7.75. The van der Waals surface area contributed by atoms with Crippen LogP contribution in [0.15, 0.2) is 42.0 Å². The van der Waals surface area contributed by atoms with Gasteiger partial charge in [-0.05, 0) is 56.3 Å². The van der Waals surface area contributed by atoms with E-state index >= 15 is 0 Å². The summed E-state index contributed by atoms with van der Waals surface area (Å²) in [6.07, 6.45) is 9.88. The first-order chi connectivity index (χ1) is 13.8. The van der Waals surface area contributed by atoms with Gasteiger partial charge in [0.25, 0.3) is 0 Å². The molecular weight excluding hydrogens is 366 g/mol. The standard InChI is InChI=1S/C23H35N3OS/c28-23(24-13-12-21-8-3-1-4-9-21)26(20-22-10-5-2-6-11-22)15-7-14-25-16-18-27-19-17-25/h2,5-6,8,10-11H,1,3-4,7,9,12-20H2,(H,24,28). The highest BCUT2D eigenvalue weighted by Gasteiger charge is 2.14. The van der Waals surface area contributed by atoms with E-state index in [1.807, 2.05) is 0 Å². The lowest BCUT2D eigenvalue weighted by Crippen LogP contribution is -2.42. The molecule has 5 heteroatoms. The average Bonchev–Trinajstić information content (AvgIpc) is 2.75. The molecule has 1 aromatic rings. The summed E-state index contributed by atoms with van der Waals surface area (Å²) < 4.78 is 5.45. The fourth-order valence-corrected chi connectivity index (χ4v) is 4.20. The van der Waals surface area contributed by atoms with E-state index in [-0.39, 0.29) is 0 Å². The summed E-state index contributed by atoms with van der Waals surface area (Å²) >= 11 is 5.77. The monoisotopic (exact) mass is 401 g/mol. The molecule has 0 radical (unpaired) electrons. The molecule has 0 atom stereocenters. The van der Waals surface area contributed by atoms with Gasteiger partial charge in [0.15, 0.2) is 5.11 Å². The van der Waals surface area contributed by atoms with Gasteiger partial charge in [0.05, 0.1) is 13.2 Å². The minimum absolute atomic E-state index is 0.865. The van der Waals surface area contributed by atoms with Gasteiger partial charge in [0, 0.05) is 39.3 Å². The Labute approximate surface area is 175 Å². The first kappa shape index (κ1) is 21.3. The summed E-state index contributed by atoms with van der Waals surface area (Å²) in [4.78, 5) is 4.83. The van der Waals surface area contributed by atoms with Crippen molar-refractivity contribution in [2.75, 3.05) is 45.9 Å². The lowest BCUT2D eigenvalue weighted by Gasteiger charge is -2.30. The Morgan fingerprint density at radius 2 is 1.96 bits per heavy atom. The van der Waals surface area contributed by atoms with E-state index in [4.69, 9.17) is 17.0 Å². The van der Waals surface area contributed by atoms with Crippen LogP contribution >= 0.6 is 12.2 Å². The lowest BCUT2D eigenvalue weighted by molar-refractivity contribution is 0.0367. The first-order valence-electron chi connectivity index (χ1n) is 10.9. The quantitative estimate of drug-likeness (QED) is 0.499. The minimum atomic E-state index is 0.865. The number of nitrogens with one attached hydrogen (secondary N) is 1. The topological polar surface area (TPSA) is 27.7 Å². The van der Waals surface area contributed by atoms with Crippen molar-refractivity contribution in [3.05, 3.63) is 47.5 Å². The lowest BCUT2D eigenvalue weighted by atomic mass is 9.97. The molecule has 0 amide bonds. The molecule has 1 aliphatic carbocycles. The normalized spacial score (nSPS) is 17.8. The molecule has 1 heterocycles. The van der Waals surface area contributed by atoms with Crippen LogP contribution in [0.3, 0.4) is 0 Å². The number of hydrogen-bond acceptors (Lipinski definition) is 3. The van der Waals surface area contributed by atoms with E-state index in [0.717, 1.165) is 70.4 Å². The highest BCUT2D eigenvalue weighted by atomic mass is 32.1. The van der Waals surface area contributed by atoms with Gasteiger partial charge in [-0.25, -0.2) is 0 Å². The number of allylic oxidation sites excluding steroid dienone is 1. The molecule has 3 rings (SSSR count). The van der Waals surface area contributed by atoms with Gasteiger partial charge in [-0.1, -0.05) is 42.0 Å². The van der Waals surface area contributed by atoms with Crippen LogP contribution in [0.2, 0.25) is 0 Å². The van der Waals surface area contributed by atoms with Crippen molar-refractivity contribution in [2.24, 2.45) is 0 Å². The number of thiocarbonyl (C=S) groups is 1. The molecule has 0 unspecified atom stereocenters. The zero-order valence-electron chi connectivity index (χ0n) is 17.1. The number of rotatable bonds is 9. The summed E-state index contributed by atoms with van der Waals surface area (Å²) in [7, 11) is 0. The molecule has 0 aromatic heterocycles. The second kappa shape index (κ2) is 12.2. The molecule has 1 fully saturated rings. The van der Waals surface area contributed by atoms with Gasteiger partial charge in [0.2, 0.25) is 0 Å². The predicted octanol–water partition coefficient (Wildman–Crippen LogP) is 3.98. The number of nitrogens with zero attached hydrogens (tertiary/aromatic N) is 2. The van der Waals surface area contributed by atoms with E-state index in [1.54, 1.807) is 5.57 Å². The average molecular weight is 402 g/mol. The number of benzene rings is 1. The fourth-order valence-electron chi connectivity index (χ4n) is 3.94. The largest absolute Gasteiger partial charge is 0.379 e. The van der Waals surface area contributed by atoms with Crippen molar-refractivity contribution >= 4 is 17.3 Å². The maximum Gasteiger partial charge on any atom is 0.169 e. The van der Waals surface area contributed by atoms with Crippen LogP contribution in [0, 0.1) is 0 Å². The van der Waals surface area contributed by atoms with Crippen LogP contribution in [-0.2, 0) is 11.3 Å². The minimum Gasteiger partial charge on any atom is -0.379 e. The van der Waals surface area contributed by atoms with Crippen molar-refractivity contribution in [3.8, 4) is 0 Å².